The van der Waals surface area contributed by atoms with Crippen LogP contribution >= 0.6 is 0 Å². The Morgan fingerprint density at radius 2 is 0.415 bits per heavy atom. The molecule has 4 aliphatic rings. The van der Waals surface area contributed by atoms with Crippen molar-refractivity contribution in [2.75, 3.05) is 262 Å². The molecule has 686 valence electrons. The molecule has 0 aromatic heterocycles. The van der Waals surface area contributed by atoms with Crippen LogP contribution in [-0.2, 0) is 76.7 Å². The van der Waals surface area contributed by atoms with Crippen LogP contribution in [-0.4, -0.2) is 450 Å². The summed E-state index contributed by atoms with van der Waals surface area (Å²) < 4.78 is 0. The van der Waals surface area contributed by atoms with Gasteiger partial charge in [0.05, 0.1) is 97.8 Å². The largest absolute Gasteiger partial charge is 3.00 e. The first kappa shape index (κ1) is 114. The maximum atomic E-state index is 13.7. The minimum atomic E-state index is -1.60. The van der Waals surface area contributed by atoms with Crippen LogP contribution in [0.25, 0.3) is 0 Å². The molecule has 4 fully saturated rings. The molecule has 0 saturated carbocycles. The maximum absolute atomic E-state index is 13.7. The van der Waals surface area contributed by atoms with E-state index in [9.17, 15) is 138 Å². The number of nitrogens with one attached hydrogen (secondary N) is 2. The first-order valence-corrected chi connectivity index (χ1v) is 38.1. The molecule has 4 aliphatic heterocycles. The van der Waals surface area contributed by atoms with Gasteiger partial charge in [0.15, 0.2) is 0 Å². The molecule has 4 atom stereocenters. The summed E-state index contributed by atoms with van der Waals surface area (Å²) >= 11 is 0. The van der Waals surface area contributed by atoms with Gasteiger partial charge >= 0.3 is 147 Å². The second kappa shape index (κ2) is 63.2. The number of hydrogen-bond acceptors (Lipinski definition) is 42. The fourth-order valence-electron chi connectivity index (χ4n) is 14.8. The van der Waals surface area contributed by atoms with Crippen molar-refractivity contribution in [2.24, 2.45) is 0 Å². The van der Waals surface area contributed by atoms with E-state index in [0.717, 1.165) is 19.6 Å². The van der Waals surface area contributed by atoms with Gasteiger partial charge < -0.3 is 139 Å². The zero-order valence-electron chi connectivity index (χ0n) is 65.5. The third kappa shape index (κ3) is 52.2. The molecule has 4 rings (SSSR count). The number of amides is 2. The molecule has 0 bridgehead atoms. The standard InChI is InChI=1S/C70H118N16O28.4Tm/c87-55(35-75-19-23-79(39-59(91)92)31-51(27-75)83(43-63(99)100)44-64(101)102)9-1-3-13-73(17-7-11-71-57(89)37-77-21-25-81(41-61(95)96)33-53(29-77)85(47-67(107)108)48-68(109)110)15-5-6-16-74(14-4-2-10-56(88)36-76-20-24-80(40-60(93)94)32-52(28-76)84(45-65(103)104)46-66(105)106)18-8-12-72-58(90)38-78-22-26-82(42-62(97)98)34-54(30-78)86(49-69(111)112)50-70(113)114;;;;/h51-54H,1-50H2,(H,71,89)(H,72,90)(H,91,92)(H,93,94)(H,95,96)(H,97,98)(H,99,100)(H,101,102)(H,103,104)(H,105,106)(H,107,108)(H,109,110)(H,111,112)(H,113,114);;;;/q;4*+3/p-12. The van der Waals surface area contributed by atoms with E-state index in [-0.39, 0.29) is 316 Å². The van der Waals surface area contributed by atoms with Crippen LogP contribution in [0.2, 0.25) is 0 Å². The zero-order valence-corrected chi connectivity index (χ0v) is 72.6. The van der Waals surface area contributed by atoms with Gasteiger partial charge in [-0.25, -0.2) is 0 Å². The molecule has 118 heavy (non-hydrogen) atoms. The Bertz CT molecular complexity index is 2740. The number of carbonyl (C=O) groups excluding carboxylic acids is 16. The minimum absolute atomic E-state index is 0. The topological polar surface area (TPSA) is 619 Å². The Balaban J connectivity index is 0.0000342. The predicted octanol–water partition coefficient (Wildman–Crippen LogP) is -23.0. The van der Waals surface area contributed by atoms with E-state index in [0.29, 0.717) is 90.6 Å². The first-order valence-electron chi connectivity index (χ1n) is 38.1. The van der Waals surface area contributed by atoms with E-state index >= 15 is 0 Å². The van der Waals surface area contributed by atoms with Crippen molar-refractivity contribution in [1.82, 2.24) is 79.2 Å². The van der Waals surface area contributed by atoms with Gasteiger partial charge in [0, 0.05) is 233 Å². The van der Waals surface area contributed by atoms with Gasteiger partial charge in [0.25, 0.3) is 0 Å². The van der Waals surface area contributed by atoms with Gasteiger partial charge in [-0.15, -0.1) is 0 Å². The van der Waals surface area contributed by atoms with Gasteiger partial charge in [0.2, 0.25) is 11.8 Å². The van der Waals surface area contributed by atoms with E-state index in [2.05, 4.69) is 20.4 Å². The van der Waals surface area contributed by atoms with Gasteiger partial charge in [-0.1, -0.05) is 0 Å². The molecule has 44 nitrogen and oxygen atoms in total. The first-order chi connectivity index (χ1) is 53.9. The molecule has 0 aromatic carbocycles. The third-order valence-electron chi connectivity index (χ3n) is 19.9. The van der Waals surface area contributed by atoms with Gasteiger partial charge in [-0.05, 0) is 90.6 Å². The summed E-state index contributed by atoms with van der Waals surface area (Å²) in [6.45, 7) is -5.64. The van der Waals surface area contributed by atoms with Crippen molar-refractivity contribution < 1.29 is 285 Å². The predicted molar refractivity (Wildman–Crippen MR) is 368 cm³/mol. The second-order valence-electron chi connectivity index (χ2n) is 29.4. The Morgan fingerprint density at radius 1 is 0.237 bits per heavy atom. The average Bonchev–Trinajstić information content (AvgIpc) is 1.71. The van der Waals surface area contributed by atoms with Crippen LogP contribution in [0, 0.1) is 147 Å². The number of carboxylic acid groups (broad SMARTS) is 12. The molecule has 2 N–H and O–H groups in total. The van der Waals surface area contributed by atoms with E-state index in [1.165, 1.54) is 19.6 Å². The van der Waals surface area contributed by atoms with Crippen molar-refractivity contribution in [2.45, 2.75) is 88.4 Å². The van der Waals surface area contributed by atoms with Gasteiger partial charge in [0.1, 0.15) is 11.6 Å². The minimum Gasteiger partial charge on any atom is -0.549 e. The molecule has 0 aliphatic carbocycles. The number of Topliss-reactive ketones (excluding diaryl/α,β-unsaturated/α-hetero) is 2. The summed E-state index contributed by atoms with van der Waals surface area (Å²) in [4.78, 5) is 215. The average molecular weight is 2300 g/mol. The molecular weight excluding hydrogens is 2190 g/mol. The Morgan fingerprint density at radius 3 is 0.610 bits per heavy atom. The van der Waals surface area contributed by atoms with Gasteiger partial charge in [-0.3, -0.25) is 78.0 Å². The molecule has 0 aromatic rings. The van der Waals surface area contributed by atoms with Crippen LogP contribution in [0.1, 0.15) is 64.2 Å². The maximum Gasteiger partial charge on any atom is 3.00 e. The van der Waals surface area contributed by atoms with Gasteiger partial charge in [-0.2, -0.15) is 0 Å². The van der Waals surface area contributed by atoms with Crippen molar-refractivity contribution in [3.8, 4) is 0 Å². The normalized spacial score (nSPS) is 18.5. The van der Waals surface area contributed by atoms with Crippen molar-refractivity contribution in [3.63, 3.8) is 0 Å². The van der Waals surface area contributed by atoms with Crippen molar-refractivity contribution in [3.05, 3.63) is 0 Å². The molecule has 4 unspecified atom stereocenters. The Labute approximate surface area is 801 Å². The summed E-state index contributed by atoms with van der Waals surface area (Å²) in [5.41, 5.74) is 0. The van der Waals surface area contributed by atoms with E-state index in [4.69, 9.17) is 0 Å². The molecule has 4 saturated heterocycles. The number of carboxylic acids is 12. The van der Waals surface area contributed by atoms with Crippen LogP contribution in [0.5, 0.6) is 0 Å². The molecule has 2 amide bonds. The van der Waals surface area contributed by atoms with Crippen LogP contribution in [0.3, 0.4) is 0 Å². The number of carbonyl (C=O) groups is 16. The molecular formula is C70H106N16O28Tm4. The molecule has 0 spiro atoms. The smallest absolute Gasteiger partial charge is 0.549 e. The number of rotatable bonds is 59. The molecule has 48 heteroatoms. The van der Waals surface area contributed by atoms with E-state index in [1.807, 2.05) is 0 Å². The second-order valence-corrected chi connectivity index (χ2v) is 29.4. The number of unbranched alkanes of at least 4 members (excludes halogenated alkanes) is 3. The Kier molecular flexibility index (Phi) is 61.3. The quantitative estimate of drug-likeness (QED) is 0.0534. The fourth-order valence-corrected chi connectivity index (χ4v) is 14.8. The summed E-state index contributed by atoms with van der Waals surface area (Å²) in [6.07, 6.45) is 3.91. The monoisotopic (exact) mass is 2290 g/mol. The van der Waals surface area contributed by atoms with E-state index in [1.54, 1.807) is 19.6 Å². The number of ketones is 2. The van der Waals surface area contributed by atoms with Crippen LogP contribution < -0.4 is 71.9 Å². The van der Waals surface area contributed by atoms with E-state index < -0.39 is 186 Å². The summed E-state index contributed by atoms with van der Waals surface area (Å²) in [5, 5.41) is 146. The van der Waals surface area contributed by atoms with Crippen LogP contribution in [0.4, 0.5) is 0 Å². The fraction of sp³-hybridized carbons (Fsp3) is 0.771. The molecule has 0 radical (unpaired) electrons. The number of nitrogens with zero attached hydrogens (tertiary/aromatic N) is 14. The summed E-state index contributed by atoms with van der Waals surface area (Å²) in [7, 11) is 0. The van der Waals surface area contributed by atoms with Crippen molar-refractivity contribution in [1.29, 1.82) is 0 Å². The summed E-state index contributed by atoms with van der Waals surface area (Å²) in [6, 6.07) is -3.49. The third-order valence-corrected chi connectivity index (χ3v) is 19.9. The number of aliphatic carboxylic acids is 12. The van der Waals surface area contributed by atoms with Crippen molar-refractivity contribution >= 4 is 95.0 Å². The van der Waals surface area contributed by atoms with Crippen LogP contribution in [0.15, 0.2) is 0 Å². The summed E-state index contributed by atoms with van der Waals surface area (Å²) in [5.74, 6) is -19.8. The SMILES string of the molecule is O=C([O-])CN1CCN(CC(=O)CCCCN(CCCCN(CCCCC(=O)CN2CCN(CC(=O)[O-])CC(N(CC(=O)[O-])CC(=O)[O-])C2)CCCNC(=O)CN2CCN(CC(=O)[O-])CC(N(CC(=O)[O-])CC(=O)[O-])C2)CCCNC(=O)CN2CCN(CC(=O)[O-])CC(N(CC(=O)[O-])CC(=O)[O-])C2)CC(N(CC(=O)[O-])CC(=O)[O-])C1.[Tm+3].[Tm+3].[Tm+3].[Tm+3]. The zero-order chi connectivity index (χ0) is 84.4. The molecule has 4 heterocycles. The number of hydrogen-bond donors (Lipinski definition) is 2. The Hall–Kier alpha value is -3.70.